The Labute approximate surface area is 194 Å². The number of phenols is 2. The molecule has 0 amide bonds. The molecule has 2 aliphatic heterocycles. The maximum absolute atomic E-state index is 11.3. The Hall–Kier alpha value is -3.09. The molecule has 0 aliphatic carbocycles. The Morgan fingerprint density at radius 3 is 2.44 bits per heavy atom. The first-order valence-electron chi connectivity index (χ1n) is 10.7. The van der Waals surface area contributed by atoms with Crippen LogP contribution in [0.15, 0.2) is 30.3 Å². The molecular formula is C23H26O11. The summed E-state index contributed by atoms with van der Waals surface area (Å²) in [7, 11) is 0. The van der Waals surface area contributed by atoms with E-state index in [4.69, 9.17) is 14.2 Å². The van der Waals surface area contributed by atoms with Crippen molar-refractivity contribution < 1.29 is 54.8 Å². The first-order valence-corrected chi connectivity index (χ1v) is 10.7. The number of aryl methyl sites for hydroxylation is 1. The number of aliphatic hydroxyl groups excluding tert-OH is 4. The summed E-state index contributed by atoms with van der Waals surface area (Å²) in [5, 5.41) is 70.4. The van der Waals surface area contributed by atoms with E-state index in [9.17, 15) is 40.5 Å². The highest BCUT2D eigenvalue weighted by molar-refractivity contribution is 5.73. The number of phenolic OH excluding ortho intramolecular Hbond substituents is 2. The lowest BCUT2D eigenvalue weighted by atomic mass is 9.93. The Kier molecular flexibility index (Phi) is 6.56. The Balaban J connectivity index is 1.62. The maximum atomic E-state index is 11.3. The minimum atomic E-state index is -1.88. The predicted octanol–water partition coefficient (Wildman–Crippen LogP) is -0.0317. The van der Waals surface area contributed by atoms with Gasteiger partial charge < -0.3 is 50.0 Å². The van der Waals surface area contributed by atoms with Crippen molar-refractivity contribution in [1.29, 1.82) is 0 Å². The van der Waals surface area contributed by atoms with Gasteiger partial charge in [-0.15, -0.1) is 0 Å². The molecule has 0 saturated carbocycles. The van der Waals surface area contributed by atoms with Gasteiger partial charge in [-0.25, -0.2) is 4.79 Å². The summed E-state index contributed by atoms with van der Waals surface area (Å²) >= 11 is 0. The van der Waals surface area contributed by atoms with Gasteiger partial charge in [0.25, 0.3) is 0 Å². The van der Waals surface area contributed by atoms with Crippen LogP contribution >= 0.6 is 0 Å². The van der Waals surface area contributed by atoms with Crippen molar-refractivity contribution >= 4 is 5.97 Å². The van der Waals surface area contributed by atoms with Crippen molar-refractivity contribution in [3.63, 3.8) is 0 Å². The molecule has 1 saturated heterocycles. The van der Waals surface area contributed by atoms with Crippen LogP contribution in [0.5, 0.6) is 23.0 Å². The van der Waals surface area contributed by atoms with Gasteiger partial charge in [0.1, 0.15) is 47.4 Å². The average Bonchev–Trinajstić information content (AvgIpc) is 2.79. The summed E-state index contributed by atoms with van der Waals surface area (Å²) < 4.78 is 16.6. The molecule has 2 aromatic carbocycles. The normalized spacial score (nSPS) is 30.8. The molecule has 2 aliphatic rings. The van der Waals surface area contributed by atoms with E-state index in [-0.39, 0.29) is 29.4 Å². The van der Waals surface area contributed by atoms with Gasteiger partial charge in [-0.05, 0) is 23.6 Å². The summed E-state index contributed by atoms with van der Waals surface area (Å²) in [5.74, 6) is -1.70. The average molecular weight is 478 g/mol. The molecule has 3 unspecified atom stereocenters. The lowest BCUT2D eigenvalue weighted by Gasteiger charge is -2.39. The molecule has 4 rings (SSSR count). The maximum Gasteiger partial charge on any atom is 0.335 e. The van der Waals surface area contributed by atoms with E-state index >= 15 is 0 Å². The summed E-state index contributed by atoms with van der Waals surface area (Å²) in [4.78, 5) is 11.3. The monoisotopic (exact) mass is 478 g/mol. The SMILES string of the molecule is CCc1ccc(C2Oc3cc(O)cc(O[C@@H]4OC(C(=O)O)[C@@H](O)[C@H](O)C4O)c3C[C@@H]2O)cc1O. The molecule has 7 atom stereocenters. The van der Waals surface area contributed by atoms with E-state index < -0.39 is 48.9 Å². The van der Waals surface area contributed by atoms with Gasteiger partial charge in [0.05, 0.1) is 6.10 Å². The summed E-state index contributed by atoms with van der Waals surface area (Å²) in [6, 6.07) is 7.43. The summed E-state index contributed by atoms with van der Waals surface area (Å²) in [5.41, 5.74) is 1.56. The largest absolute Gasteiger partial charge is 0.508 e. The van der Waals surface area contributed by atoms with Crippen LogP contribution in [-0.2, 0) is 22.4 Å². The predicted molar refractivity (Wildman–Crippen MR) is 114 cm³/mol. The number of aliphatic carboxylic acids is 1. The van der Waals surface area contributed by atoms with Crippen LogP contribution in [0.1, 0.15) is 29.7 Å². The zero-order chi connectivity index (χ0) is 24.7. The molecule has 11 nitrogen and oxygen atoms in total. The van der Waals surface area contributed by atoms with Crippen molar-refractivity contribution in [3.05, 3.63) is 47.0 Å². The van der Waals surface area contributed by atoms with E-state index in [0.717, 1.165) is 5.56 Å². The van der Waals surface area contributed by atoms with Crippen molar-refractivity contribution in [2.75, 3.05) is 0 Å². The van der Waals surface area contributed by atoms with Gasteiger partial charge in [-0.3, -0.25) is 0 Å². The number of benzene rings is 2. The molecule has 1 fully saturated rings. The van der Waals surface area contributed by atoms with E-state index in [1.54, 1.807) is 12.1 Å². The fraction of sp³-hybridized carbons (Fsp3) is 0.435. The smallest absolute Gasteiger partial charge is 0.335 e. The standard InChI is InChI=1S/C23H26O11/c1-2-9-3-4-10(5-13(9)25)20-14(26)8-12-15(32-20)6-11(24)7-16(12)33-23-19(29)17(27)18(28)21(34-23)22(30)31/h3-7,14,17-21,23-29H,2,8H2,1H3,(H,30,31)/t14-,17-,18-,19?,20?,21?,23+/m0/s1. The van der Waals surface area contributed by atoms with Crippen molar-refractivity contribution in [2.24, 2.45) is 0 Å². The molecule has 2 aromatic rings. The molecule has 0 aromatic heterocycles. The van der Waals surface area contributed by atoms with Crippen molar-refractivity contribution in [3.8, 4) is 23.0 Å². The van der Waals surface area contributed by atoms with Gasteiger partial charge >= 0.3 is 5.97 Å². The summed E-state index contributed by atoms with van der Waals surface area (Å²) in [6.45, 7) is 1.90. The molecule has 0 bridgehead atoms. The zero-order valence-electron chi connectivity index (χ0n) is 18.1. The van der Waals surface area contributed by atoms with Gasteiger partial charge in [0, 0.05) is 24.1 Å². The van der Waals surface area contributed by atoms with Crippen LogP contribution in [0.25, 0.3) is 0 Å². The third-order valence-corrected chi connectivity index (χ3v) is 6.04. The van der Waals surface area contributed by atoms with Crippen LogP contribution in [0.2, 0.25) is 0 Å². The number of rotatable bonds is 5. The first kappa shape index (κ1) is 24.0. The molecule has 2 heterocycles. The van der Waals surface area contributed by atoms with Crippen LogP contribution in [0.4, 0.5) is 0 Å². The van der Waals surface area contributed by atoms with Crippen LogP contribution < -0.4 is 9.47 Å². The topological polar surface area (TPSA) is 186 Å². The van der Waals surface area contributed by atoms with Gasteiger partial charge in [0.15, 0.2) is 6.10 Å². The van der Waals surface area contributed by atoms with Crippen LogP contribution in [0, 0.1) is 0 Å². The third-order valence-electron chi connectivity index (χ3n) is 6.04. The lowest BCUT2D eigenvalue weighted by Crippen LogP contribution is -2.61. The second-order valence-electron chi connectivity index (χ2n) is 8.33. The van der Waals surface area contributed by atoms with Gasteiger partial charge in [-0.1, -0.05) is 19.1 Å². The molecule has 11 heteroatoms. The minimum absolute atomic E-state index is 0.0116. The minimum Gasteiger partial charge on any atom is -0.508 e. The Morgan fingerprint density at radius 2 is 1.79 bits per heavy atom. The fourth-order valence-corrected chi connectivity index (χ4v) is 4.17. The highest BCUT2D eigenvalue weighted by atomic mass is 16.7. The van der Waals surface area contributed by atoms with Crippen LogP contribution in [-0.4, -0.2) is 78.5 Å². The number of ether oxygens (including phenoxy) is 3. The number of aliphatic hydroxyl groups is 4. The van der Waals surface area contributed by atoms with E-state index in [0.29, 0.717) is 17.5 Å². The number of aromatic hydroxyl groups is 2. The molecule has 0 spiro atoms. The Morgan fingerprint density at radius 1 is 1.06 bits per heavy atom. The van der Waals surface area contributed by atoms with Crippen LogP contribution in [0.3, 0.4) is 0 Å². The number of carbonyl (C=O) groups is 1. The fourth-order valence-electron chi connectivity index (χ4n) is 4.17. The van der Waals surface area contributed by atoms with E-state index in [1.807, 2.05) is 6.92 Å². The van der Waals surface area contributed by atoms with Gasteiger partial charge in [0.2, 0.25) is 6.29 Å². The first-order chi connectivity index (χ1) is 16.1. The third kappa shape index (κ3) is 4.36. The van der Waals surface area contributed by atoms with Crippen molar-refractivity contribution in [2.45, 2.75) is 62.7 Å². The molecular weight excluding hydrogens is 452 g/mol. The summed E-state index contributed by atoms with van der Waals surface area (Å²) in [6.07, 6.45) is -10.4. The molecule has 184 valence electrons. The Bertz CT molecular complexity index is 1070. The zero-order valence-corrected chi connectivity index (χ0v) is 18.1. The second kappa shape index (κ2) is 9.28. The number of fused-ring (bicyclic) bond motifs is 1. The highest BCUT2D eigenvalue weighted by Gasteiger charge is 2.48. The molecule has 0 radical (unpaired) electrons. The highest BCUT2D eigenvalue weighted by Crippen LogP contribution is 2.43. The number of hydrogen-bond acceptors (Lipinski definition) is 10. The number of carboxylic acid groups (broad SMARTS) is 1. The molecule has 34 heavy (non-hydrogen) atoms. The number of carboxylic acids is 1. The molecule has 7 N–H and O–H groups in total. The quantitative estimate of drug-likeness (QED) is 0.306. The van der Waals surface area contributed by atoms with E-state index in [2.05, 4.69) is 0 Å². The van der Waals surface area contributed by atoms with Crippen molar-refractivity contribution in [1.82, 2.24) is 0 Å². The lowest BCUT2D eigenvalue weighted by molar-refractivity contribution is -0.271. The van der Waals surface area contributed by atoms with Gasteiger partial charge in [-0.2, -0.15) is 0 Å². The second-order valence-corrected chi connectivity index (χ2v) is 8.33. The number of hydrogen-bond donors (Lipinski definition) is 7. The van der Waals surface area contributed by atoms with E-state index in [1.165, 1.54) is 18.2 Å².